The third-order valence-electron chi connectivity index (χ3n) is 2.84. The van der Waals surface area contributed by atoms with E-state index < -0.39 is 0 Å². The van der Waals surface area contributed by atoms with Gasteiger partial charge in [-0.25, -0.2) is 0 Å². The van der Waals surface area contributed by atoms with Crippen LogP contribution in [0.3, 0.4) is 0 Å². The van der Waals surface area contributed by atoms with Gasteiger partial charge in [-0.05, 0) is 43.5 Å². The van der Waals surface area contributed by atoms with E-state index in [1.54, 1.807) is 18.4 Å². The van der Waals surface area contributed by atoms with Gasteiger partial charge in [-0.2, -0.15) is 0 Å². The van der Waals surface area contributed by atoms with Gasteiger partial charge in [0.05, 0.1) is 7.11 Å². The largest absolute Gasteiger partial charge is 0.496 e. The van der Waals surface area contributed by atoms with Crippen LogP contribution >= 0.6 is 11.3 Å². The fourth-order valence-corrected chi connectivity index (χ4v) is 3.01. The van der Waals surface area contributed by atoms with Crippen LogP contribution in [0.2, 0.25) is 0 Å². The number of ether oxygens (including phenoxy) is 1. The van der Waals surface area contributed by atoms with Crippen molar-refractivity contribution < 1.29 is 4.74 Å². The predicted molar refractivity (Wildman–Crippen MR) is 75.4 cm³/mol. The van der Waals surface area contributed by atoms with Crippen molar-refractivity contribution in [3.63, 3.8) is 0 Å². The van der Waals surface area contributed by atoms with Gasteiger partial charge in [0.1, 0.15) is 15.8 Å². The van der Waals surface area contributed by atoms with Gasteiger partial charge in [0, 0.05) is 12.0 Å². The molecular formula is C14H18N2OS. The molecule has 2 rings (SSSR count). The number of nitrogens with zero attached hydrogens (tertiary/aromatic N) is 2. The lowest BCUT2D eigenvalue weighted by Crippen LogP contribution is -1.92. The summed E-state index contributed by atoms with van der Waals surface area (Å²) in [5.74, 6) is 0.956. The third-order valence-corrected chi connectivity index (χ3v) is 3.87. The normalized spacial score (nSPS) is 10.7. The molecule has 0 bridgehead atoms. The first-order valence-corrected chi connectivity index (χ1v) is 6.95. The molecule has 3 nitrogen and oxygen atoms in total. The Bertz CT molecular complexity index is 525. The summed E-state index contributed by atoms with van der Waals surface area (Å²) in [6.45, 7) is 6.27. The quantitative estimate of drug-likeness (QED) is 0.841. The van der Waals surface area contributed by atoms with Gasteiger partial charge in [0.2, 0.25) is 0 Å². The molecule has 4 heteroatoms. The van der Waals surface area contributed by atoms with E-state index in [0.717, 1.165) is 45.3 Å². The minimum Gasteiger partial charge on any atom is -0.496 e. The van der Waals surface area contributed by atoms with Crippen LogP contribution in [-0.2, 0) is 6.42 Å². The van der Waals surface area contributed by atoms with E-state index >= 15 is 0 Å². The van der Waals surface area contributed by atoms with Gasteiger partial charge in [-0.1, -0.05) is 18.3 Å². The minimum absolute atomic E-state index is 0.956. The van der Waals surface area contributed by atoms with Gasteiger partial charge in [-0.15, -0.1) is 10.2 Å². The van der Waals surface area contributed by atoms with Crippen LogP contribution in [0.4, 0.5) is 0 Å². The van der Waals surface area contributed by atoms with Crippen LogP contribution in [0.25, 0.3) is 10.6 Å². The lowest BCUT2D eigenvalue weighted by atomic mass is 10.1. The first kappa shape index (κ1) is 13.0. The molecule has 0 aliphatic carbocycles. The third kappa shape index (κ3) is 2.53. The van der Waals surface area contributed by atoms with Gasteiger partial charge in [0.25, 0.3) is 0 Å². The predicted octanol–water partition coefficient (Wildman–Crippen LogP) is 3.78. The standard InChI is InChI=1S/C14H18N2OS/c1-5-6-12-15-16-14(18-12)11-7-9(2)13(17-4)10(3)8-11/h7-8H,5-6H2,1-4H3. The van der Waals surface area contributed by atoms with Gasteiger partial charge >= 0.3 is 0 Å². The fourth-order valence-electron chi connectivity index (χ4n) is 2.08. The van der Waals surface area contributed by atoms with Crippen molar-refractivity contribution in [2.45, 2.75) is 33.6 Å². The highest BCUT2D eigenvalue weighted by molar-refractivity contribution is 7.14. The lowest BCUT2D eigenvalue weighted by Gasteiger charge is -2.09. The highest BCUT2D eigenvalue weighted by atomic mass is 32.1. The molecule has 0 N–H and O–H groups in total. The summed E-state index contributed by atoms with van der Waals surface area (Å²) >= 11 is 1.68. The number of rotatable bonds is 4. The molecule has 0 aliphatic heterocycles. The van der Waals surface area contributed by atoms with Crippen LogP contribution in [-0.4, -0.2) is 17.3 Å². The summed E-state index contributed by atoms with van der Waals surface area (Å²) in [5.41, 5.74) is 3.41. The molecule has 0 saturated heterocycles. The Kier molecular flexibility index (Phi) is 3.97. The maximum atomic E-state index is 5.38. The molecular weight excluding hydrogens is 244 g/mol. The van der Waals surface area contributed by atoms with Crippen molar-refractivity contribution in [2.75, 3.05) is 7.11 Å². The van der Waals surface area contributed by atoms with E-state index in [9.17, 15) is 0 Å². The molecule has 0 fully saturated rings. The van der Waals surface area contributed by atoms with Crippen LogP contribution in [0.1, 0.15) is 29.5 Å². The highest BCUT2D eigenvalue weighted by Crippen LogP contribution is 2.31. The fraction of sp³-hybridized carbons (Fsp3) is 0.429. The zero-order chi connectivity index (χ0) is 13.1. The van der Waals surface area contributed by atoms with Crippen molar-refractivity contribution in [1.29, 1.82) is 0 Å². The zero-order valence-corrected chi connectivity index (χ0v) is 12.1. The number of methoxy groups -OCH3 is 1. The maximum absolute atomic E-state index is 5.38. The summed E-state index contributed by atoms with van der Waals surface area (Å²) in [6.07, 6.45) is 2.11. The molecule has 1 aromatic carbocycles. The van der Waals surface area contributed by atoms with E-state index in [4.69, 9.17) is 4.74 Å². The minimum atomic E-state index is 0.956. The molecule has 96 valence electrons. The molecule has 1 heterocycles. The Morgan fingerprint density at radius 1 is 1.17 bits per heavy atom. The second kappa shape index (κ2) is 5.48. The summed E-state index contributed by atoms with van der Waals surface area (Å²) < 4.78 is 5.38. The van der Waals surface area contributed by atoms with Crippen molar-refractivity contribution in [3.8, 4) is 16.3 Å². The molecule has 0 spiro atoms. The van der Waals surface area contributed by atoms with E-state index in [0.29, 0.717) is 0 Å². The first-order valence-electron chi connectivity index (χ1n) is 6.13. The number of aryl methyl sites for hydroxylation is 3. The first-order chi connectivity index (χ1) is 8.65. The summed E-state index contributed by atoms with van der Waals surface area (Å²) in [5, 5.41) is 10.6. The molecule has 18 heavy (non-hydrogen) atoms. The van der Waals surface area contributed by atoms with Crippen molar-refractivity contribution >= 4 is 11.3 Å². The van der Waals surface area contributed by atoms with Gasteiger partial charge in [-0.3, -0.25) is 0 Å². The summed E-state index contributed by atoms with van der Waals surface area (Å²) in [6, 6.07) is 4.23. The van der Waals surface area contributed by atoms with Crippen LogP contribution in [0.5, 0.6) is 5.75 Å². The van der Waals surface area contributed by atoms with E-state index in [1.165, 1.54) is 0 Å². The van der Waals surface area contributed by atoms with Crippen molar-refractivity contribution in [2.24, 2.45) is 0 Å². The van der Waals surface area contributed by atoms with Gasteiger partial charge < -0.3 is 4.74 Å². The van der Waals surface area contributed by atoms with Crippen LogP contribution in [0.15, 0.2) is 12.1 Å². The smallest absolute Gasteiger partial charge is 0.147 e. The van der Waals surface area contributed by atoms with Crippen molar-refractivity contribution in [3.05, 3.63) is 28.3 Å². The van der Waals surface area contributed by atoms with Crippen LogP contribution < -0.4 is 4.74 Å². The SMILES string of the molecule is CCCc1nnc(-c2cc(C)c(OC)c(C)c2)s1. The molecule has 0 aliphatic rings. The van der Waals surface area contributed by atoms with E-state index in [2.05, 4.69) is 43.1 Å². The Morgan fingerprint density at radius 2 is 1.83 bits per heavy atom. The van der Waals surface area contributed by atoms with Crippen molar-refractivity contribution in [1.82, 2.24) is 10.2 Å². The summed E-state index contributed by atoms with van der Waals surface area (Å²) in [4.78, 5) is 0. The second-order valence-electron chi connectivity index (χ2n) is 4.39. The average Bonchev–Trinajstić information content (AvgIpc) is 2.78. The number of aromatic nitrogens is 2. The summed E-state index contributed by atoms with van der Waals surface area (Å²) in [7, 11) is 1.71. The number of hydrogen-bond donors (Lipinski definition) is 0. The Hall–Kier alpha value is -1.42. The highest BCUT2D eigenvalue weighted by Gasteiger charge is 2.10. The maximum Gasteiger partial charge on any atom is 0.147 e. The van der Waals surface area contributed by atoms with E-state index in [1.807, 2.05) is 0 Å². The zero-order valence-electron chi connectivity index (χ0n) is 11.3. The van der Waals surface area contributed by atoms with Crippen LogP contribution in [0, 0.1) is 13.8 Å². The Labute approximate surface area is 112 Å². The van der Waals surface area contributed by atoms with Gasteiger partial charge in [0.15, 0.2) is 0 Å². The molecule has 0 saturated carbocycles. The molecule has 1 aromatic heterocycles. The molecule has 0 amide bonds. The lowest BCUT2D eigenvalue weighted by molar-refractivity contribution is 0.408. The Balaban J connectivity index is 2.38. The molecule has 0 radical (unpaired) electrons. The molecule has 0 unspecified atom stereocenters. The average molecular weight is 262 g/mol. The molecule has 2 aromatic rings. The van der Waals surface area contributed by atoms with E-state index in [-0.39, 0.29) is 0 Å². The topological polar surface area (TPSA) is 35.0 Å². The number of hydrogen-bond acceptors (Lipinski definition) is 4. The molecule has 0 atom stereocenters. The monoisotopic (exact) mass is 262 g/mol. The second-order valence-corrected chi connectivity index (χ2v) is 5.46. The Morgan fingerprint density at radius 3 is 2.39 bits per heavy atom. The number of benzene rings is 1.